The van der Waals surface area contributed by atoms with Crippen LogP contribution in [0.25, 0.3) is 5.65 Å². The molecule has 2 aromatic heterocycles. The van der Waals surface area contributed by atoms with Crippen molar-refractivity contribution in [1.29, 1.82) is 0 Å². The van der Waals surface area contributed by atoms with Crippen molar-refractivity contribution in [3.63, 3.8) is 0 Å². The van der Waals surface area contributed by atoms with Crippen LogP contribution in [0.1, 0.15) is 5.69 Å². The fourth-order valence-corrected chi connectivity index (χ4v) is 2.28. The van der Waals surface area contributed by atoms with Gasteiger partial charge in [-0.3, -0.25) is 0 Å². The Morgan fingerprint density at radius 2 is 1.96 bits per heavy atom. The first-order valence-corrected chi connectivity index (χ1v) is 7.41. The number of halogens is 2. The second-order valence-electron chi connectivity index (χ2n) is 4.98. The molecule has 0 atom stereocenters. The highest BCUT2D eigenvalue weighted by molar-refractivity contribution is 6.30. The molecule has 23 heavy (non-hydrogen) atoms. The van der Waals surface area contributed by atoms with E-state index in [-0.39, 0.29) is 11.8 Å². The van der Waals surface area contributed by atoms with Gasteiger partial charge in [-0.2, -0.15) is 0 Å². The molecule has 118 valence electrons. The van der Waals surface area contributed by atoms with Gasteiger partial charge in [0.1, 0.15) is 11.5 Å². The maximum atomic E-state index is 13.1. The van der Waals surface area contributed by atoms with Gasteiger partial charge >= 0.3 is 6.03 Å². The molecule has 0 fully saturated rings. The van der Waals surface area contributed by atoms with Crippen molar-refractivity contribution in [1.82, 2.24) is 14.7 Å². The van der Waals surface area contributed by atoms with E-state index in [2.05, 4.69) is 15.6 Å². The number of rotatable bonds is 4. The second-order valence-corrected chi connectivity index (χ2v) is 5.42. The minimum absolute atomic E-state index is 0.304. The normalized spacial score (nSPS) is 10.7. The van der Waals surface area contributed by atoms with E-state index < -0.39 is 0 Å². The van der Waals surface area contributed by atoms with Crippen LogP contribution < -0.4 is 10.6 Å². The van der Waals surface area contributed by atoms with Crippen molar-refractivity contribution in [2.24, 2.45) is 0 Å². The van der Waals surface area contributed by atoms with Gasteiger partial charge in [0, 0.05) is 36.1 Å². The predicted octanol–water partition coefficient (Wildman–Crippen LogP) is 3.49. The Balaban J connectivity index is 1.51. The number of anilines is 1. The van der Waals surface area contributed by atoms with Crippen LogP contribution in [-0.2, 0) is 6.42 Å². The van der Waals surface area contributed by atoms with Crippen LogP contribution in [0.5, 0.6) is 0 Å². The molecular formula is C16H14ClFN4O. The number of imidazole rings is 1. The van der Waals surface area contributed by atoms with Gasteiger partial charge in [-0.1, -0.05) is 11.6 Å². The van der Waals surface area contributed by atoms with E-state index in [9.17, 15) is 9.18 Å². The fraction of sp³-hybridized carbons (Fsp3) is 0.125. The molecule has 2 amide bonds. The lowest BCUT2D eigenvalue weighted by Crippen LogP contribution is -2.30. The van der Waals surface area contributed by atoms with Gasteiger partial charge in [0.25, 0.3) is 0 Å². The van der Waals surface area contributed by atoms with Gasteiger partial charge in [-0.25, -0.2) is 14.2 Å². The predicted molar refractivity (Wildman–Crippen MR) is 87.3 cm³/mol. The van der Waals surface area contributed by atoms with E-state index >= 15 is 0 Å². The third-order valence-electron chi connectivity index (χ3n) is 3.23. The molecule has 0 aliphatic heterocycles. The molecule has 0 spiro atoms. The van der Waals surface area contributed by atoms with E-state index in [0.29, 0.717) is 29.3 Å². The zero-order valence-electron chi connectivity index (χ0n) is 12.1. The summed E-state index contributed by atoms with van der Waals surface area (Å²) in [5.41, 5.74) is 2.12. The lowest BCUT2D eigenvalue weighted by atomic mass is 10.3. The number of carbonyl (C=O) groups excluding carboxylic acids is 1. The number of nitrogens with zero attached hydrogens (tertiary/aromatic N) is 2. The van der Waals surface area contributed by atoms with Gasteiger partial charge in [0.2, 0.25) is 0 Å². The Bertz CT molecular complexity index is 832. The summed E-state index contributed by atoms with van der Waals surface area (Å²) in [4.78, 5) is 16.1. The number of pyridine rings is 1. The van der Waals surface area contributed by atoms with Gasteiger partial charge in [-0.05, 0) is 36.4 Å². The standard InChI is InChI=1S/C16H14ClFN4O/c17-11-1-4-13(5-2-11)21-16(23)19-8-7-14-10-22-9-12(18)3-6-15(22)20-14/h1-6,9-10H,7-8H2,(H2,19,21,23). The smallest absolute Gasteiger partial charge is 0.319 e. The average molecular weight is 333 g/mol. The summed E-state index contributed by atoms with van der Waals surface area (Å²) in [6, 6.07) is 9.52. The van der Waals surface area contributed by atoms with Crippen LogP contribution in [-0.4, -0.2) is 22.0 Å². The topological polar surface area (TPSA) is 58.4 Å². The summed E-state index contributed by atoms with van der Waals surface area (Å²) in [6.45, 7) is 0.422. The van der Waals surface area contributed by atoms with Crippen LogP contribution in [0.3, 0.4) is 0 Å². The van der Waals surface area contributed by atoms with Crippen molar-refractivity contribution in [3.8, 4) is 0 Å². The average Bonchev–Trinajstić information content (AvgIpc) is 2.91. The molecule has 3 rings (SSSR count). The zero-order valence-corrected chi connectivity index (χ0v) is 12.8. The number of hydrogen-bond donors (Lipinski definition) is 2. The first kappa shape index (κ1) is 15.3. The zero-order chi connectivity index (χ0) is 16.2. The molecule has 0 unspecified atom stereocenters. The lowest BCUT2D eigenvalue weighted by molar-refractivity contribution is 0.252. The highest BCUT2D eigenvalue weighted by Crippen LogP contribution is 2.13. The van der Waals surface area contributed by atoms with Gasteiger partial charge in [0.15, 0.2) is 0 Å². The highest BCUT2D eigenvalue weighted by Gasteiger charge is 2.05. The highest BCUT2D eigenvalue weighted by atomic mass is 35.5. The van der Waals surface area contributed by atoms with Crippen LogP contribution >= 0.6 is 11.6 Å². The minimum Gasteiger partial charge on any atom is -0.337 e. The Hall–Kier alpha value is -2.60. The molecule has 5 nitrogen and oxygen atoms in total. The Kier molecular flexibility index (Phi) is 4.43. The van der Waals surface area contributed by atoms with Crippen LogP contribution in [0.2, 0.25) is 5.02 Å². The third kappa shape index (κ3) is 3.98. The maximum absolute atomic E-state index is 13.1. The summed E-state index contributed by atoms with van der Waals surface area (Å²) in [7, 11) is 0. The van der Waals surface area contributed by atoms with Crippen molar-refractivity contribution < 1.29 is 9.18 Å². The largest absolute Gasteiger partial charge is 0.337 e. The van der Waals surface area contributed by atoms with Gasteiger partial charge in [-0.15, -0.1) is 0 Å². The van der Waals surface area contributed by atoms with Gasteiger partial charge < -0.3 is 15.0 Å². The van der Waals surface area contributed by atoms with Crippen molar-refractivity contribution in [2.45, 2.75) is 6.42 Å². The number of benzene rings is 1. The number of nitrogens with one attached hydrogen (secondary N) is 2. The summed E-state index contributed by atoms with van der Waals surface area (Å²) in [5, 5.41) is 6.06. The molecule has 1 aromatic carbocycles. The fourth-order valence-electron chi connectivity index (χ4n) is 2.15. The van der Waals surface area contributed by atoms with Crippen molar-refractivity contribution >= 4 is 29.0 Å². The lowest BCUT2D eigenvalue weighted by Gasteiger charge is -2.06. The number of fused-ring (bicyclic) bond motifs is 1. The molecule has 0 aliphatic rings. The SMILES string of the molecule is O=C(NCCc1cn2cc(F)ccc2n1)Nc1ccc(Cl)cc1. The van der Waals surface area contributed by atoms with Crippen LogP contribution in [0.4, 0.5) is 14.9 Å². The molecule has 0 radical (unpaired) electrons. The Morgan fingerprint density at radius 3 is 2.74 bits per heavy atom. The summed E-state index contributed by atoms with van der Waals surface area (Å²) >= 11 is 5.78. The van der Waals surface area contributed by atoms with Crippen molar-refractivity contribution in [3.05, 3.63) is 65.3 Å². The number of carbonyl (C=O) groups is 1. The van der Waals surface area contributed by atoms with Crippen molar-refractivity contribution in [2.75, 3.05) is 11.9 Å². The second kappa shape index (κ2) is 6.66. The first-order chi connectivity index (χ1) is 11.1. The van der Waals surface area contributed by atoms with E-state index in [0.717, 1.165) is 5.69 Å². The molecule has 7 heteroatoms. The minimum atomic E-state index is -0.318. The molecule has 2 N–H and O–H groups in total. The van der Waals surface area contributed by atoms with Crippen LogP contribution in [0.15, 0.2) is 48.8 Å². The first-order valence-electron chi connectivity index (χ1n) is 7.04. The molecule has 0 saturated heterocycles. The molecule has 0 saturated carbocycles. The quantitative estimate of drug-likeness (QED) is 0.768. The van der Waals surface area contributed by atoms with E-state index in [1.54, 1.807) is 40.9 Å². The van der Waals surface area contributed by atoms with Crippen LogP contribution in [0, 0.1) is 5.82 Å². The Morgan fingerprint density at radius 1 is 1.17 bits per heavy atom. The summed E-state index contributed by atoms with van der Waals surface area (Å²) in [6.07, 6.45) is 3.67. The van der Waals surface area contributed by atoms with E-state index in [1.807, 2.05) is 0 Å². The monoisotopic (exact) mass is 332 g/mol. The third-order valence-corrected chi connectivity index (χ3v) is 3.49. The molecular weight excluding hydrogens is 319 g/mol. The molecule has 0 aliphatic carbocycles. The van der Waals surface area contributed by atoms with Gasteiger partial charge in [0.05, 0.1) is 5.69 Å². The number of amides is 2. The van der Waals surface area contributed by atoms with E-state index in [1.165, 1.54) is 12.3 Å². The molecule has 0 bridgehead atoms. The summed E-state index contributed by atoms with van der Waals surface area (Å²) < 4.78 is 14.7. The number of aromatic nitrogens is 2. The molecule has 2 heterocycles. The maximum Gasteiger partial charge on any atom is 0.319 e. The number of hydrogen-bond acceptors (Lipinski definition) is 2. The van der Waals surface area contributed by atoms with E-state index in [4.69, 9.17) is 11.6 Å². The molecule has 3 aromatic rings. The summed E-state index contributed by atoms with van der Waals surface area (Å²) in [5.74, 6) is -0.318. The number of urea groups is 1. The Labute approximate surface area is 137 Å².